The predicted molar refractivity (Wildman–Crippen MR) is 70.3 cm³/mol. The summed E-state index contributed by atoms with van der Waals surface area (Å²) >= 11 is 0. The predicted octanol–water partition coefficient (Wildman–Crippen LogP) is 1.10. The summed E-state index contributed by atoms with van der Waals surface area (Å²) < 4.78 is 14.8. The van der Waals surface area contributed by atoms with Crippen molar-refractivity contribution in [1.82, 2.24) is 9.97 Å². The molecular formula is C13H13N3O5. The summed E-state index contributed by atoms with van der Waals surface area (Å²) in [5, 5.41) is 0. The van der Waals surface area contributed by atoms with E-state index in [0.717, 1.165) is 0 Å². The van der Waals surface area contributed by atoms with Gasteiger partial charge in [-0.25, -0.2) is 19.6 Å². The Bertz CT molecular complexity index is 680. The minimum absolute atomic E-state index is 0.0200. The number of aryl methyl sites for hydroxylation is 1. The molecule has 2 rings (SSSR count). The van der Waals surface area contributed by atoms with Gasteiger partial charge in [0, 0.05) is 18.0 Å². The van der Waals surface area contributed by atoms with Crippen LogP contribution < -0.4 is 5.73 Å². The monoisotopic (exact) mass is 291 g/mol. The maximum Gasteiger partial charge on any atom is 0.374 e. The van der Waals surface area contributed by atoms with Crippen LogP contribution in [0.1, 0.15) is 32.4 Å². The zero-order chi connectivity index (χ0) is 15.4. The van der Waals surface area contributed by atoms with Crippen LogP contribution >= 0.6 is 0 Å². The van der Waals surface area contributed by atoms with Gasteiger partial charge in [0.05, 0.1) is 7.11 Å². The second-order valence-electron chi connectivity index (χ2n) is 4.08. The molecule has 0 spiro atoms. The Hall–Kier alpha value is -2.90. The molecule has 0 atom stereocenters. The molecule has 0 aromatic carbocycles. The average Bonchev–Trinajstić information content (AvgIpc) is 2.85. The first-order valence-corrected chi connectivity index (χ1v) is 5.94. The van der Waals surface area contributed by atoms with Crippen molar-refractivity contribution in [3.8, 4) is 0 Å². The second-order valence-corrected chi connectivity index (χ2v) is 4.08. The van der Waals surface area contributed by atoms with E-state index in [4.69, 9.17) is 14.9 Å². The first-order chi connectivity index (χ1) is 10.0. The highest BCUT2D eigenvalue weighted by Crippen LogP contribution is 2.17. The van der Waals surface area contributed by atoms with Gasteiger partial charge in [-0.05, 0) is 13.0 Å². The molecule has 21 heavy (non-hydrogen) atoms. The third-order valence-corrected chi connectivity index (χ3v) is 2.61. The lowest BCUT2D eigenvalue weighted by atomic mass is 10.2. The number of nitrogens with zero attached hydrogens (tertiary/aromatic N) is 2. The highest BCUT2D eigenvalue weighted by molar-refractivity contribution is 5.91. The number of anilines is 1. The Morgan fingerprint density at radius 1 is 1.29 bits per heavy atom. The fourth-order valence-corrected chi connectivity index (χ4v) is 1.63. The van der Waals surface area contributed by atoms with Crippen molar-refractivity contribution in [2.45, 2.75) is 13.5 Å². The van der Waals surface area contributed by atoms with Gasteiger partial charge < -0.3 is 19.6 Å². The molecule has 2 N–H and O–H groups in total. The molecule has 2 aromatic rings. The fraction of sp³-hybridized carbons (Fsp3) is 0.231. The summed E-state index contributed by atoms with van der Waals surface area (Å²) in [6, 6.07) is 1.58. The van der Waals surface area contributed by atoms with Crippen LogP contribution in [0.15, 0.2) is 22.9 Å². The topological polar surface area (TPSA) is 118 Å². The summed E-state index contributed by atoms with van der Waals surface area (Å²) in [5.41, 5.74) is 6.03. The Morgan fingerprint density at radius 3 is 2.67 bits per heavy atom. The lowest BCUT2D eigenvalue weighted by Gasteiger charge is -2.03. The maximum atomic E-state index is 11.8. The van der Waals surface area contributed by atoms with E-state index in [2.05, 4.69) is 14.7 Å². The molecule has 0 aliphatic rings. The van der Waals surface area contributed by atoms with Gasteiger partial charge in [-0.3, -0.25) is 0 Å². The minimum atomic E-state index is -0.728. The summed E-state index contributed by atoms with van der Waals surface area (Å²) in [6.45, 7) is 1.52. The van der Waals surface area contributed by atoms with E-state index in [9.17, 15) is 9.59 Å². The Labute approximate surface area is 119 Å². The van der Waals surface area contributed by atoms with E-state index in [1.165, 1.54) is 19.5 Å². The highest BCUT2D eigenvalue weighted by atomic mass is 16.6. The maximum absolute atomic E-state index is 11.8. The zero-order valence-electron chi connectivity index (χ0n) is 11.5. The first kappa shape index (κ1) is 14.5. The van der Waals surface area contributed by atoms with Gasteiger partial charge in [0.25, 0.3) is 0 Å². The van der Waals surface area contributed by atoms with Crippen molar-refractivity contribution in [1.29, 1.82) is 0 Å². The average molecular weight is 291 g/mol. The number of nitrogen functional groups attached to an aromatic ring is 1. The van der Waals surface area contributed by atoms with Crippen LogP contribution in [0.5, 0.6) is 0 Å². The fourth-order valence-electron chi connectivity index (χ4n) is 1.63. The number of aromatic nitrogens is 2. The molecule has 0 radical (unpaired) electrons. The standard InChI is InChI=1S/C13H13N3O5/c1-7-5-8(21-10(7)13(18)19-2)6-20-12(17)9-11(14)16-4-3-15-9/h3-5H,6H2,1-2H3,(H2,14,16). The number of esters is 2. The number of furan rings is 1. The van der Waals surface area contributed by atoms with E-state index in [1.807, 2.05) is 0 Å². The Morgan fingerprint density at radius 2 is 2.00 bits per heavy atom. The summed E-state index contributed by atoms with van der Waals surface area (Å²) in [7, 11) is 1.25. The Balaban J connectivity index is 2.05. The molecule has 0 bridgehead atoms. The van der Waals surface area contributed by atoms with Crippen LogP contribution in [0.3, 0.4) is 0 Å². The number of rotatable bonds is 4. The molecule has 8 heteroatoms. The van der Waals surface area contributed by atoms with Crippen LogP contribution in [-0.4, -0.2) is 29.0 Å². The van der Waals surface area contributed by atoms with Crippen molar-refractivity contribution in [2.75, 3.05) is 12.8 Å². The molecule has 2 heterocycles. The van der Waals surface area contributed by atoms with Crippen LogP contribution in [0, 0.1) is 6.92 Å². The molecule has 0 aliphatic heterocycles. The number of nitrogens with two attached hydrogens (primary N) is 1. The van der Waals surface area contributed by atoms with Crippen LogP contribution in [0.25, 0.3) is 0 Å². The third-order valence-electron chi connectivity index (χ3n) is 2.61. The Kier molecular flexibility index (Phi) is 4.17. The van der Waals surface area contributed by atoms with E-state index in [-0.39, 0.29) is 23.9 Å². The first-order valence-electron chi connectivity index (χ1n) is 5.94. The summed E-state index contributed by atoms with van der Waals surface area (Å²) in [4.78, 5) is 30.7. The van der Waals surface area contributed by atoms with Crippen molar-refractivity contribution in [3.63, 3.8) is 0 Å². The van der Waals surface area contributed by atoms with Crippen molar-refractivity contribution >= 4 is 17.8 Å². The number of carbonyl (C=O) groups is 2. The van der Waals surface area contributed by atoms with E-state index in [0.29, 0.717) is 11.3 Å². The van der Waals surface area contributed by atoms with Gasteiger partial charge in [0.1, 0.15) is 12.4 Å². The lowest BCUT2D eigenvalue weighted by Crippen LogP contribution is -2.11. The molecule has 8 nitrogen and oxygen atoms in total. The minimum Gasteiger partial charge on any atom is -0.463 e. The number of hydrogen-bond donors (Lipinski definition) is 1. The van der Waals surface area contributed by atoms with Crippen molar-refractivity contribution < 1.29 is 23.5 Å². The number of ether oxygens (including phenoxy) is 2. The summed E-state index contributed by atoms with van der Waals surface area (Å²) in [6.07, 6.45) is 2.70. The lowest BCUT2D eigenvalue weighted by molar-refractivity contribution is 0.0432. The van der Waals surface area contributed by atoms with Crippen molar-refractivity contribution in [2.24, 2.45) is 0 Å². The highest BCUT2D eigenvalue weighted by Gasteiger charge is 2.18. The van der Waals surface area contributed by atoms with Gasteiger partial charge in [-0.2, -0.15) is 0 Å². The molecule has 0 saturated heterocycles. The van der Waals surface area contributed by atoms with Gasteiger partial charge in [-0.15, -0.1) is 0 Å². The van der Waals surface area contributed by atoms with Crippen LogP contribution in [0.2, 0.25) is 0 Å². The molecule has 0 amide bonds. The molecule has 0 unspecified atom stereocenters. The summed E-state index contributed by atoms with van der Waals surface area (Å²) in [5.74, 6) is -0.961. The molecule has 0 aliphatic carbocycles. The molecule has 2 aromatic heterocycles. The largest absolute Gasteiger partial charge is 0.463 e. The smallest absolute Gasteiger partial charge is 0.374 e. The quantitative estimate of drug-likeness (QED) is 0.832. The molecule has 0 saturated carbocycles. The van der Waals surface area contributed by atoms with Crippen LogP contribution in [0.4, 0.5) is 5.82 Å². The molecule has 0 fully saturated rings. The number of carbonyl (C=O) groups excluding carboxylic acids is 2. The number of hydrogen-bond acceptors (Lipinski definition) is 8. The normalized spacial score (nSPS) is 10.2. The molecular weight excluding hydrogens is 278 g/mol. The van der Waals surface area contributed by atoms with E-state index in [1.54, 1.807) is 13.0 Å². The van der Waals surface area contributed by atoms with Gasteiger partial charge in [0.2, 0.25) is 5.76 Å². The number of methoxy groups -OCH3 is 1. The SMILES string of the molecule is COC(=O)c1oc(COC(=O)c2nccnc2N)cc1C. The van der Waals surface area contributed by atoms with Crippen LogP contribution in [-0.2, 0) is 16.1 Å². The third kappa shape index (κ3) is 3.16. The molecule has 110 valence electrons. The second kappa shape index (κ2) is 6.04. The van der Waals surface area contributed by atoms with Gasteiger partial charge in [0.15, 0.2) is 11.5 Å². The van der Waals surface area contributed by atoms with Crippen molar-refractivity contribution in [3.05, 3.63) is 41.2 Å². The van der Waals surface area contributed by atoms with Gasteiger partial charge in [-0.1, -0.05) is 0 Å². The van der Waals surface area contributed by atoms with E-state index >= 15 is 0 Å². The zero-order valence-corrected chi connectivity index (χ0v) is 11.5. The van der Waals surface area contributed by atoms with Gasteiger partial charge >= 0.3 is 11.9 Å². The van der Waals surface area contributed by atoms with E-state index < -0.39 is 11.9 Å².